The van der Waals surface area contributed by atoms with Crippen LogP contribution in [-0.4, -0.2) is 34.4 Å². The number of anilines is 1. The average molecular weight is 226 g/mol. The van der Waals surface area contributed by atoms with Crippen LogP contribution in [0.3, 0.4) is 0 Å². The Hall–Kier alpha value is -1.20. The Morgan fingerprint density at radius 2 is 2.38 bits per heavy atom. The van der Waals surface area contributed by atoms with Crippen LogP contribution in [0.2, 0.25) is 0 Å². The van der Waals surface area contributed by atoms with Crippen molar-refractivity contribution in [1.29, 1.82) is 0 Å². The maximum absolute atomic E-state index is 13.8. The molecule has 1 atom stereocenters. The number of β-amino-alcohol motifs (C(OH)–C–C–N with tert-alkyl or cyclic N) is 1. The summed E-state index contributed by atoms with van der Waals surface area (Å²) in [4.78, 5) is 5.70. The Balaban J connectivity index is 2.25. The molecule has 2 rings (SSSR count). The fourth-order valence-corrected chi connectivity index (χ4v) is 1.96. The van der Waals surface area contributed by atoms with Gasteiger partial charge in [-0.25, -0.2) is 9.37 Å². The topological polar surface area (TPSA) is 56.6 Å². The van der Waals surface area contributed by atoms with Crippen molar-refractivity contribution in [3.05, 3.63) is 23.6 Å². The molecule has 0 aliphatic carbocycles. The lowest BCUT2D eigenvalue weighted by molar-refractivity contribution is 0.153. The van der Waals surface area contributed by atoms with Gasteiger partial charge in [-0.15, -0.1) is 0 Å². The van der Waals surface area contributed by atoms with E-state index in [1.165, 1.54) is 12.3 Å². The third-order valence-electron chi connectivity index (χ3n) is 2.82. The number of pyridine rings is 1. The van der Waals surface area contributed by atoms with Gasteiger partial charge in [0, 0.05) is 24.8 Å². The van der Waals surface area contributed by atoms with Crippen LogP contribution in [0, 0.1) is 5.82 Å². The minimum absolute atomic E-state index is 0.227. The van der Waals surface area contributed by atoms with Crippen molar-refractivity contribution in [2.24, 2.45) is 0 Å². The lowest BCUT2D eigenvalue weighted by atomic mass is 10.1. The maximum atomic E-state index is 13.8. The molecule has 5 heteroatoms. The highest BCUT2D eigenvalue weighted by molar-refractivity contribution is 5.43. The van der Waals surface area contributed by atoms with E-state index in [0.717, 1.165) is 12.8 Å². The van der Waals surface area contributed by atoms with Crippen LogP contribution in [0.25, 0.3) is 0 Å². The fourth-order valence-electron chi connectivity index (χ4n) is 1.96. The van der Waals surface area contributed by atoms with Crippen molar-refractivity contribution in [3.8, 4) is 0 Å². The number of rotatable bonds is 2. The number of nitrogens with zero attached hydrogens (tertiary/aromatic N) is 2. The molecule has 0 spiro atoms. The van der Waals surface area contributed by atoms with Crippen LogP contribution in [0.5, 0.6) is 0 Å². The molecule has 1 aliphatic heterocycles. The van der Waals surface area contributed by atoms with Gasteiger partial charge in [0.05, 0.1) is 12.7 Å². The predicted molar refractivity (Wildman–Crippen MR) is 57.6 cm³/mol. The number of piperidine rings is 1. The second-order valence-corrected chi connectivity index (χ2v) is 4.01. The highest BCUT2D eigenvalue weighted by atomic mass is 19.1. The molecule has 88 valence electrons. The summed E-state index contributed by atoms with van der Waals surface area (Å²) in [6.45, 7) is 0.756. The average Bonchev–Trinajstić information content (AvgIpc) is 2.29. The number of hydrogen-bond acceptors (Lipinski definition) is 4. The van der Waals surface area contributed by atoms with E-state index < -0.39 is 11.9 Å². The first-order valence-corrected chi connectivity index (χ1v) is 5.39. The predicted octanol–water partition coefficient (Wildman–Crippen LogP) is 0.674. The molecule has 0 radical (unpaired) electrons. The molecule has 2 N–H and O–H groups in total. The summed E-state index contributed by atoms with van der Waals surface area (Å²) in [6, 6.07) is 1.46. The standard InChI is InChI=1S/C11H15FN2O2/c12-10-8(7-15)3-4-13-11(10)14-5-1-2-9(16)6-14/h3-4,9,15-16H,1-2,5-7H2. The van der Waals surface area contributed by atoms with Gasteiger partial charge >= 0.3 is 0 Å². The second-order valence-electron chi connectivity index (χ2n) is 4.01. The van der Waals surface area contributed by atoms with Gasteiger partial charge in [-0.1, -0.05) is 0 Å². The molecular formula is C11H15FN2O2. The van der Waals surface area contributed by atoms with E-state index in [2.05, 4.69) is 4.98 Å². The normalized spacial score (nSPS) is 21.2. The minimum atomic E-state index is -0.487. The summed E-state index contributed by atoms with van der Waals surface area (Å²) in [6.07, 6.45) is 2.63. The SMILES string of the molecule is OCc1ccnc(N2CCCC(O)C2)c1F. The van der Waals surface area contributed by atoms with E-state index in [0.29, 0.717) is 13.1 Å². The Labute approximate surface area is 93.3 Å². The first-order chi connectivity index (χ1) is 7.72. The van der Waals surface area contributed by atoms with Crippen LogP contribution in [0.15, 0.2) is 12.3 Å². The first-order valence-electron chi connectivity index (χ1n) is 5.39. The molecular weight excluding hydrogens is 211 g/mol. The molecule has 0 amide bonds. The van der Waals surface area contributed by atoms with Crippen LogP contribution in [-0.2, 0) is 6.61 Å². The van der Waals surface area contributed by atoms with Crippen LogP contribution in [0.4, 0.5) is 10.2 Å². The van der Waals surface area contributed by atoms with E-state index in [1.54, 1.807) is 4.90 Å². The van der Waals surface area contributed by atoms with Crippen LogP contribution < -0.4 is 4.90 Å². The molecule has 1 aromatic rings. The van der Waals surface area contributed by atoms with E-state index in [9.17, 15) is 9.50 Å². The van der Waals surface area contributed by atoms with E-state index in [-0.39, 0.29) is 18.0 Å². The van der Waals surface area contributed by atoms with Crippen molar-refractivity contribution < 1.29 is 14.6 Å². The van der Waals surface area contributed by atoms with E-state index >= 15 is 0 Å². The molecule has 0 aromatic carbocycles. The molecule has 0 saturated carbocycles. The number of aromatic nitrogens is 1. The van der Waals surface area contributed by atoms with Crippen LogP contribution >= 0.6 is 0 Å². The highest BCUT2D eigenvalue weighted by Gasteiger charge is 2.22. The van der Waals surface area contributed by atoms with Gasteiger partial charge in [-0.05, 0) is 18.9 Å². The van der Waals surface area contributed by atoms with Crippen molar-refractivity contribution in [1.82, 2.24) is 4.98 Å². The van der Waals surface area contributed by atoms with Crippen LogP contribution in [0.1, 0.15) is 18.4 Å². The zero-order chi connectivity index (χ0) is 11.5. The fraction of sp³-hybridized carbons (Fsp3) is 0.545. The molecule has 4 nitrogen and oxygen atoms in total. The molecule has 1 aliphatic rings. The van der Waals surface area contributed by atoms with E-state index in [1.807, 2.05) is 0 Å². The van der Waals surface area contributed by atoms with Crippen molar-refractivity contribution in [3.63, 3.8) is 0 Å². The molecule has 16 heavy (non-hydrogen) atoms. The largest absolute Gasteiger partial charge is 0.392 e. The maximum Gasteiger partial charge on any atom is 0.171 e. The lowest BCUT2D eigenvalue weighted by Gasteiger charge is -2.31. The van der Waals surface area contributed by atoms with Gasteiger partial charge in [-0.3, -0.25) is 0 Å². The van der Waals surface area contributed by atoms with E-state index in [4.69, 9.17) is 5.11 Å². The van der Waals surface area contributed by atoms with Crippen molar-refractivity contribution in [2.45, 2.75) is 25.6 Å². The smallest absolute Gasteiger partial charge is 0.171 e. The molecule has 0 bridgehead atoms. The molecule has 1 unspecified atom stereocenters. The van der Waals surface area contributed by atoms with Crippen molar-refractivity contribution >= 4 is 5.82 Å². The quantitative estimate of drug-likeness (QED) is 0.778. The lowest BCUT2D eigenvalue weighted by Crippen LogP contribution is -2.39. The molecule has 1 saturated heterocycles. The summed E-state index contributed by atoms with van der Waals surface area (Å²) in [5.74, 6) is -0.260. The number of halogens is 1. The van der Waals surface area contributed by atoms with Gasteiger partial charge in [0.1, 0.15) is 0 Å². The van der Waals surface area contributed by atoms with Gasteiger partial charge in [0.15, 0.2) is 11.6 Å². The Bertz CT molecular complexity index is 373. The summed E-state index contributed by atoms with van der Waals surface area (Å²) < 4.78 is 13.8. The monoisotopic (exact) mass is 226 g/mol. The van der Waals surface area contributed by atoms with Gasteiger partial charge < -0.3 is 15.1 Å². The Morgan fingerprint density at radius 3 is 3.06 bits per heavy atom. The summed E-state index contributed by atoms with van der Waals surface area (Å²) in [7, 11) is 0. The number of hydrogen-bond donors (Lipinski definition) is 2. The number of aliphatic hydroxyl groups excluding tert-OH is 2. The van der Waals surface area contributed by atoms with Gasteiger partial charge in [-0.2, -0.15) is 0 Å². The third kappa shape index (κ3) is 2.15. The summed E-state index contributed by atoms with van der Waals surface area (Å²) in [5, 5.41) is 18.5. The number of aliphatic hydroxyl groups is 2. The Morgan fingerprint density at radius 1 is 1.56 bits per heavy atom. The second kappa shape index (κ2) is 4.76. The highest BCUT2D eigenvalue weighted by Crippen LogP contribution is 2.22. The summed E-state index contributed by atoms with van der Waals surface area (Å²) >= 11 is 0. The third-order valence-corrected chi connectivity index (χ3v) is 2.82. The molecule has 1 aromatic heterocycles. The summed E-state index contributed by atoms with van der Waals surface area (Å²) in [5.41, 5.74) is 0.241. The zero-order valence-corrected chi connectivity index (χ0v) is 8.93. The van der Waals surface area contributed by atoms with Gasteiger partial charge in [0.25, 0.3) is 0 Å². The zero-order valence-electron chi connectivity index (χ0n) is 8.93. The van der Waals surface area contributed by atoms with Crippen molar-refractivity contribution in [2.75, 3.05) is 18.0 Å². The minimum Gasteiger partial charge on any atom is -0.392 e. The first kappa shape index (κ1) is 11.3. The Kier molecular flexibility index (Phi) is 3.36. The molecule has 2 heterocycles. The van der Waals surface area contributed by atoms with Gasteiger partial charge in [0.2, 0.25) is 0 Å². The molecule has 1 fully saturated rings.